The van der Waals surface area contributed by atoms with Crippen LogP contribution in [0.1, 0.15) is 10.5 Å². The van der Waals surface area contributed by atoms with Crippen LogP contribution < -0.4 is 5.32 Å². The molecule has 0 aromatic carbocycles. The van der Waals surface area contributed by atoms with Gasteiger partial charge in [-0.25, -0.2) is 9.67 Å². The number of aromatic nitrogens is 4. The van der Waals surface area contributed by atoms with Crippen LogP contribution in [0.2, 0.25) is 0 Å². The van der Waals surface area contributed by atoms with Crippen LogP contribution >= 0.6 is 0 Å². The Hall–Kier alpha value is -3.23. The molecule has 0 aliphatic heterocycles. The quantitative estimate of drug-likeness (QED) is 0.787. The van der Waals surface area contributed by atoms with Crippen LogP contribution in [-0.4, -0.2) is 38.4 Å². The number of hydrogen-bond acceptors (Lipinski definition) is 4. The zero-order chi connectivity index (χ0) is 17.9. The highest BCUT2D eigenvalue weighted by atomic mass is 19.4. The van der Waals surface area contributed by atoms with Gasteiger partial charge in [0.05, 0.1) is 23.8 Å². The third kappa shape index (κ3) is 4.19. The van der Waals surface area contributed by atoms with E-state index in [1.807, 2.05) is 6.07 Å². The molecule has 0 spiro atoms. The van der Waals surface area contributed by atoms with Gasteiger partial charge in [0.25, 0.3) is 5.91 Å². The molecule has 0 saturated carbocycles. The molecule has 0 radical (unpaired) electrons. The Kier molecular flexibility index (Phi) is 4.46. The second-order valence-electron chi connectivity index (χ2n) is 5.09. The van der Waals surface area contributed by atoms with Crippen LogP contribution in [0.4, 0.5) is 13.2 Å². The molecule has 0 aliphatic carbocycles. The summed E-state index contributed by atoms with van der Waals surface area (Å²) in [6.07, 6.45) is 2.03. The first-order chi connectivity index (χ1) is 11.9. The standard InChI is InChI=1S/C16H12F3N5O/c17-16(18,19)10-21-15(25)14-5-1-4-13(23-14)11-7-22-24(9-11)12-3-2-6-20-8-12/h1-9H,10H2,(H,21,25). The van der Waals surface area contributed by atoms with Crippen LogP contribution in [0.5, 0.6) is 0 Å². The summed E-state index contributed by atoms with van der Waals surface area (Å²) >= 11 is 0. The monoisotopic (exact) mass is 347 g/mol. The Morgan fingerprint density at radius 3 is 2.72 bits per heavy atom. The molecule has 0 fully saturated rings. The topological polar surface area (TPSA) is 72.7 Å². The maximum absolute atomic E-state index is 12.2. The van der Waals surface area contributed by atoms with E-state index in [1.165, 1.54) is 6.07 Å². The highest BCUT2D eigenvalue weighted by Crippen LogP contribution is 2.18. The van der Waals surface area contributed by atoms with Crippen LogP contribution in [-0.2, 0) is 0 Å². The number of carbonyl (C=O) groups excluding carboxylic acids is 1. The summed E-state index contributed by atoms with van der Waals surface area (Å²) in [5.41, 5.74) is 1.69. The predicted molar refractivity (Wildman–Crippen MR) is 83.0 cm³/mol. The SMILES string of the molecule is O=C(NCC(F)(F)F)c1cccc(-c2cnn(-c3cccnc3)c2)n1. The Balaban J connectivity index is 1.80. The van der Waals surface area contributed by atoms with Gasteiger partial charge in [0.15, 0.2) is 0 Å². The molecule has 9 heteroatoms. The number of alkyl halides is 3. The molecular formula is C16H12F3N5O. The highest BCUT2D eigenvalue weighted by Gasteiger charge is 2.28. The first-order valence-corrected chi connectivity index (χ1v) is 7.20. The zero-order valence-corrected chi connectivity index (χ0v) is 12.7. The fraction of sp³-hybridized carbons (Fsp3) is 0.125. The average Bonchev–Trinajstić information content (AvgIpc) is 3.10. The maximum atomic E-state index is 12.2. The van der Waals surface area contributed by atoms with Gasteiger partial charge < -0.3 is 5.32 Å². The Labute approximate surface area is 140 Å². The first kappa shape index (κ1) is 16.6. The second kappa shape index (κ2) is 6.71. The van der Waals surface area contributed by atoms with Crippen molar-refractivity contribution in [3.8, 4) is 16.9 Å². The summed E-state index contributed by atoms with van der Waals surface area (Å²) in [4.78, 5) is 19.9. The van der Waals surface area contributed by atoms with Crippen LogP contribution in [0, 0.1) is 0 Å². The summed E-state index contributed by atoms with van der Waals surface area (Å²) in [6.45, 7) is -1.41. The molecule has 3 aromatic heterocycles. The average molecular weight is 347 g/mol. The van der Waals surface area contributed by atoms with E-state index in [4.69, 9.17) is 0 Å². The van der Waals surface area contributed by atoms with E-state index >= 15 is 0 Å². The number of hydrogen-bond donors (Lipinski definition) is 1. The molecule has 6 nitrogen and oxygen atoms in total. The highest BCUT2D eigenvalue weighted by molar-refractivity contribution is 5.92. The Morgan fingerprint density at radius 1 is 1.16 bits per heavy atom. The normalized spacial score (nSPS) is 11.3. The second-order valence-corrected chi connectivity index (χ2v) is 5.09. The van der Waals surface area contributed by atoms with E-state index in [1.54, 1.807) is 53.0 Å². The molecular weight excluding hydrogens is 335 g/mol. The van der Waals surface area contributed by atoms with Crippen molar-refractivity contribution in [2.24, 2.45) is 0 Å². The zero-order valence-electron chi connectivity index (χ0n) is 12.7. The minimum absolute atomic E-state index is 0.101. The van der Waals surface area contributed by atoms with E-state index in [0.29, 0.717) is 11.3 Å². The first-order valence-electron chi connectivity index (χ1n) is 7.20. The van der Waals surface area contributed by atoms with Gasteiger partial charge in [-0.1, -0.05) is 6.07 Å². The van der Waals surface area contributed by atoms with Gasteiger partial charge in [0.1, 0.15) is 12.2 Å². The van der Waals surface area contributed by atoms with Crippen molar-refractivity contribution < 1.29 is 18.0 Å². The number of carbonyl (C=O) groups is 1. The molecule has 3 rings (SSSR count). The fourth-order valence-electron chi connectivity index (χ4n) is 2.08. The van der Waals surface area contributed by atoms with Crippen molar-refractivity contribution in [1.82, 2.24) is 25.1 Å². The van der Waals surface area contributed by atoms with Crippen molar-refractivity contribution in [3.05, 3.63) is 60.8 Å². The smallest absolute Gasteiger partial charge is 0.342 e. The molecule has 1 amide bonds. The molecule has 25 heavy (non-hydrogen) atoms. The minimum atomic E-state index is -4.47. The van der Waals surface area contributed by atoms with Gasteiger partial charge in [-0.05, 0) is 24.3 Å². The minimum Gasteiger partial charge on any atom is -0.342 e. The van der Waals surface area contributed by atoms with E-state index < -0.39 is 18.6 Å². The van der Waals surface area contributed by atoms with Gasteiger partial charge in [-0.3, -0.25) is 9.78 Å². The van der Waals surface area contributed by atoms with E-state index in [9.17, 15) is 18.0 Å². The molecule has 0 aliphatic rings. The third-order valence-electron chi connectivity index (χ3n) is 3.22. The van der Waals surface area contributed by atoms with Crippen molar-refractivity contribution >= 4 is 5.91 Å². The molecule has 0 saturated heterocycles. The number of amides is 1. The molecule has 128 valence electrons. The number of halogens is 3. The van der Waals surface area contributed by atoms with Crippen molar-refractivity contribution in [1.29, 1.82) is 0 Å². The summed E-state index contributed by atoms with van der Waals surface area (Å²) in [7, 11) is 0. The predicted octanol–water partition coefficient (Wildman–Crippen LogP) is 2.62. The molecule has 3 aromatic rings. The van der Waals surface area contributed by atoms with Crippen LogP contribution in [0.3, 0.4) is 0 Å². The van der Waals surface area contributed by atoms with Crippen molar-refractivity contribution in [3.63, 3.8) is 0 Å². The number of rotatable bonds is 4. The van der Waals surface area contributed by atoms with E-state index in [2.05, 4.69) is 15.1 Å². The lowest BCUT2D eigenvalue weighted by Gasteiger charge is -2.08. The van der Waals surface area contributed by atoms with E-state index in [-0.39, 0.29) is 5.69 Å². The lowest BCUT2D eigenvalue weighted by atomic mass is 10.2. The fourth-order valence-corrected chi connectivity index (χ4v) is 2.08. The molecule has 1 N–H and O–H groups in total. The van der Waals surface area contributed by atoms with Gasteiger partial charge in [-0.2, -0.15) is 18.3 Å². The van der Waals surface area contributed by atoms with Gasteiger partial charge in [0.2, 0.25) is 0 Å². The van der Waals surface area contributed by atoms with Gasteiger partial charge >= 0.3 is 6.18 Å². The lowest BCUT2D eigenvalue weighted by Crippen LogP contribution is -2.34. The van der Waals surface area contributed by atoms with Crippen LogP contribution in [0.15, 0.2) is 55.1 Å². The van der Waals surface area contributed by atoms with E-state index in [0.717, 1.165) is 5.69 Å². The summed E-state index contributed by atoms with van der Waals surface area (Å²) in [5.74, 6) is -0.890. The number of nitrogens with one attached hydrogen (secondary N) is 1. The maximum Gasteiger partial charge on any atom is 0.405 e. The molecule has 0 unspecified atom stereocenters. The molecule has 0 bridgehead atoms. The lowest BCUT2D eigenvalue weighted by molar-refractivity contribution is -0.123. The third-order valence-corrected chi connectivity index (χ3v) is 3.22. The summed E-state index contributed by atoms with van der Waals surface area (Å²) in [6, 6.07) is 8.12. The largest absolute Gasteiger partial charge is 0.405 e. The Morgan fingerprint density at radius 2 is 2.00 bits per heavy atom. The Bertz CT molecular complexity index is 877. The molecule has 0 atom stereocenters. The number of pyridine rings is 2. The van der Waals surface area contributed by atoms with Crippen LogP contribution in [0.25, 0.3) is 16.9 Å². The van der Waals surface area contributed by atoms with Gasteiger partial charge in [-0.15, -0.1) is 0 Å². The number of nitrogens with zero attached hydrogens (tertiary/aromatic N) is 4. The molecule has 3 heterocycles. The summed E-state index contributed by atoms with van der Waals surface area (Å²) < 4.78 is 38.1. The van der Waals surface area contributed by atoms with Crippen molar-refractivity contribution in [2.45, 2.75) is 6.18 Å². The van der Waals surface area contributed by atoms with Gasteiger partial charge in [0, 0.05) is 18.0 Å². The van der Waals surface area contributed by atoms with Crippen molar-refractivity contribution in [2.75, 3.05) is 6.54 Å². The summed E-state index contributed by atoms with van der Waals surface area (Å²) in [5, 5.41) is 5.99.